The summed E-state index contributed by atoms with van der Waals surface area (Å²) in [4.78, 5) is 25.2. The van der Waals surface area contributed by atoms with E-state index in [1.165, 1.54) is 13.8 Å². The molecule has 10 nitrogen and oxygen atoms in total. The molecule has 16 atom stereocenters. The average Bonchev–Trinajstić information content (AvgIpc) is 3.23. The second kappa shape index (κ2) is 18.0. The summed E-state index contributed by atoms with van der Waals surface area (Å²) in [5, 5.41) is 25.1. The molecule has 5 rings (SSSR count). The molecule has 1 heterocycles. The minimum Gasteiger partial charge on any atom is -0.462 e. The monoisotopic (exact) mass is 706 g/mol. The van der Waals surface area contributed by atoms with Gasteiger partial charge in [0.2, 0.25) is 0 Å². The van der Waals surface area contributed by atoms with Crippen LogP contribution in [0.25, 0.3) is 0 Å². The van der Waals surface area contributed by atoms with Crippen LogP contribution < -0.4 is 11.1 Å². The predicted molar refractivity (Wildman–Crippen MR) is 190 cm³/mol. The second-order valence-electron chi connectivity index (χ2n) is 17.2. The Hall–Kier alpha value is -1.56. The zero-order chi connectivity index (χ0) is 36.1. The lowest BCUT2D eigenvalue weighted by Crippen LogP contribution is -2.94. The number of piperidine rings is 1. The number of fused-ring (bicyclic) bond motifs is 1. The molecule has 0 spiro atoms. The highest BCUT2D eigenvalue weighted by Crippen LogP contribution is 2.53. The van der Waals surface area contributed by atoms with Gasteiger partial charge in [-0.25, -0.2) is 0 Å². The van der Waals surface area contributed by atoms with Crippen LogP contribution in [0.15, 0.2) is 12.2 Å². The minimum atomic E-state index is -0.536. The molecule has 6 N–H and O–H groups in total. The zero-order valence-electron chi connectivity index (χ0n) is 31.7. The number of ether oxygens (including phenoxy) is 4. The van der Waals surface area contributed by atoms with Crippen molar-refractivity contribution in [1.29, 1.82) is 0 Å². The first-order valence-electron chi connectivity index (χ1n) is 19.9. The summed E-state index contributed by atoms with van der Waals surface area (Å²) in [6.45, 7) is 8.56. The summed E-state index contributed by atoms with van der Waals surface area (Å²) in [7, 11) is 3.43. The fraction of sp³-hybridized carbons (Fsp3) is 0.900. The van der Waals surface area contributed by atoms with Gasteiger partial charge in [-0.1, -0.05) is 26.0 Å². The summed E-state index contributed by atoms with van der Waals surface area (Å²) in [5.74, 6) is 2.81. The number of carbonyl (C=O) groups is 2. The van der Waals surface area contributed by atoms with Gasteiger partial charge in [-0.3, -0.25) is 15.3 Å². The lowest BCUT2D eigenvalue weighted by molar-refractivity contribution is -0.699. The van der Waals surface area contributed by atoms with E-state index in [9.17, 15) is 19.8 Å². The fourth-order valence-corrected chi connectivity index (χ4v) is 11.4. The van der Waals surface area contributed by atoms with E-state index in [-0.39, 0.29) is 42.1 Å². The second-order valence-corrected chi connectivity index (χ2v) is 17.2. The van der Waals surface area contributed by atoms with E-state index in [4.69, 9.17) is 24.7 Å². The van der Waals surface area contributed by atoms with E-state index in [1.54, 1.807) is 14.2 Å². The van der Waals surface area contributed by atoms with Crippen molar-refractivity contribution in [2.75, 3.05) is 20.8 Å². The van der Waals surface area contributed by atoms with Gasteiger partial charge in [0.25, 0.3) is 0 Å². The highest BCUT2D eigenvalue weighted by molar-refractivity contribution is 5.66. The standard InChI is InChI=1S/C40H68N2O8/c1-22(2)32-14-25-7-9-30(47-5)19-35-34(25)15-28(32)13-29(16-36(35)45)38(50-24(4)44)20-31(49-23(3)43)10-8-26-17-39(48-6)37(46)21-33(26)27-11-12-42-40(41)18-27/h7,9,22,25-40,42,45-46H,8,10-21,41H2,1-6H3/p+1/t25-,26?,27?,28+,29-,30+,31+,32+,33?,34-,35-,36-,37?,38+,39?,40?/m0/s1. The van der Waals surface area contributed by atoms with E-state index in [0.29, 0.717) is 73.0 Å². The number of aliphatic hydroxyl groups is 2. The Morgan fingerprint density at radius 2 is 1.60 bits per heavy atom. The van der Waals surface area contributed by atoms with Gasteiger partial charge in [-0.15, -0.1) is 0 Å². The van der Waals surface area contributed by atoms with Crippen molar-refractivity contribution in [2.45, 2.75) is 148 Å². The number of allylic oxidation sites excluding steroid dienone is 1. The van der Waals surface area contributed by atoms with Gasteiger partial charge in [0.05, 0.1) is 31.0 Å². The first-order chi connectivity index (χ1) is 23.9. The first-order valence-corrected chi connectivity index (χ1v) is 19.9. The van der Waals surface area contributed by atoms with Crippen LogP contribution in [0.2, 0.25) is 0 Å². The van der Waals surface area contributed by atoms with Crippen molar-refractivity contribution in [3.8, 4) is 0 Å². The van der Waals surface area contributed by atoms with E-state index >= 15 is 0 Å². The summed E-state index contributed by atoms with van der Waals surface area (Å²) >= 11 is 0. The van der Waals surface area contributed by atoms with Crippen molar-refractivity contribution < 1.29 is 44.1 Å². The van der Waals surface area contributed by atoms with Crippen molar-refractivity contribution in [3.63, 3.8) is 0 Å². The number of methoxy groups -OCH3 is 2. The number of aliphatic hydroxyl groups excluding tert-OH is 2. The molecular weight excluding hydrogens is 636 g/mol. The maximum Gasteiger partial charge on any atom is 0.302 e. The molecule has 50 heavy (non-hydrogen) atoms. The molecule has 0 aromatic heterocycles. The molecule has 6 unspecified atom stereocenters. The Labute approximate surface area is 301 Å². The van der Waals surface area contributed by atoms with E-state index in [1.807, 2.05) is 0 Å². The number of quaternary nitrogens is 1. The van der Waals surface area contributed by atoms with E-state index in [2.05, 4.69) is 31.3 Å². The Kier molecular flexibility index (Phi) is 14.3. The summed E-state index contributed by atoms with van der Waals surface area (Å²) < 4.78 is 23.8. The number of nitrogens with two attached hydrogens (primary N) is 2. The number of esters is 2. The molecule has 3 saturated carbocycles. The maximum absolute atomic E-state index is 12.7. The highest BCUT2D eigenvalue weighted by atomic mass is 16.6. The third kappa shape index (κ3) is 9.90. The maximum atomic E-state index is 12.7. The Bertz CT molecular complexity index is 1130. The smallest absolute Gasteiger partial charge is 0.302 e. The van der Waals surface area contributed by atoms with Crippen LogP contribution in [-0.2, 0) is 28.5 Å². The molecule has 0 radical (unpaired) electrons. The third-order valence-electron chi connectivity index (χ3n) is 13.8. The molecular formula is C40H69N2O8+. The third-order valence-corrected chi connectivity index (χ3v) is 13.8. The lowest BCUT2D eigenvalue weighted by atomic mass is 9.57. The van der Waals surface area contributed by atoms with Gasteiger partial charge in [0, 0.05) is 40.9 Å². The van der Waals surface area contributed by atoms with Crippen molar-refractivity contribution in [2.24, 2.45) is 64.9 Å². The van der Waals surface area contributed by atoms with E-state index in [0.717, 1.165) is 57.9 Å². The van der Waals surface area contributed by atoms with Crippen molar-refractivity contribution in [3.05, 3.63) is 12.2 Å². The Balaban J connectivity index is 1.36. The molecule has 2 bridgehead atoms. The number of hydrogen-bond acceptors (Lipinski definition) is 9. The SMILES string of the molecule is COC1CC(CC[C@H](C[C@@H](OC(C)=O)[C@H]2C[C@@H]3C[C@@H]4[C@H](C[C@H](OC)C=C[C@H]4C[C@@H]3C(C)C)[C@@H](O)C2)OC(C)=O)C(C2CC[NH2+]C(N)C2)CC1O. The minimum absolute atomic E-state index is 0.0170. The highest BCUT2D eigenvalue weighted by Gasteiger charge is 2.49. The normalized spacial score (nSPS) is 41.7. The Morgan fingerprint density at radius 1 is 0.840 bits per heavy atom. The average molecular weight is 706 g/mol. The van der Waals surface area contributed by atoms with Gasteiger partial charge in [0.15, 0.2) is 0 Å². The van der Waals surface area contributed by atoms with Crippen LogP contribution in [0.4, 0.5) is 0 Å². The zero-order valence-corrected chi connectivity index (χ0v) is 31.7. The number of hydrogen-bond donors (Lipinski definition) is 4. The molecule has 5 aliphatic rings. The van der Waals surface area contributed by atoms with Gasteiger partial charge >= 0.3 is 11.9 Å². The van der Waals surface area contributed by atoms with Gasteiger partial charge in [-0.05, 0) is 123 Å². The molecule has 10 heteroatoms. The quantitative estimate of drug-likeness (QED) is 0.175. The first kappa shape index (κ1) is 39.6. The molecule has 0 amide bonds. The number of rotatable bonds is 12. The van der Waals surface area contributed by atoms with E-state index < -0.39 is 24.4 Å². The molecule has 4 fully saturated rings. The van der Waals surface area contributed by atoms with Crippen molar-refractivity contribution in [1.82, 2.24) is 0 Å². The van der Waals surface area contributed by atoms with Crippen LogP contribution in [0.5, 0.6) is 0 Å². The van der Waals surface area contributed by atoms with Gasteiger partial charge < -0.3 is 34.5 Å². The molecule has 1 saturated heterocycles. The molecule has 4 aliphatic carbocycles. The van der Waals surface area contributed by atoms with Gasteiger partial charge in [0.1, 0.15) is 18.4 Å². The summed E-state index contributed by atoms with van der Waals surface area (Å²) in [5.41, 5.74) is 6.37. The molecule has 1 aliphatic heterocycles. The largest absolute Gasteiger partial charge is 0.462 e. The van der Waals surface area contributed by atoms with Gasteiger partial charge in [-0.2, -0.15) is 0 Å². The van der Waals surface area contributed by atoms with Crippen LogP contribution in [0.1, 0.15) is 105 Å². The van der Waals surface area contributed by atoms with Crippen LogP contribution in [0.3, 0.4) is 0 Å². The topological polar surface area (TPSA) is 154 Å². The summed E-state index contributed by atoms with van der Waals surface area (Å²) in [6.07, 6.45) is 12.2. The van der Waals surface area contributed by atoms with Crippen LogP contribution >= 0.6 is 0 Å². The fourth-order valence-electron chi connectivity index (χ4n) is 11.4. The lowest BCUT2D eigenvalue weighted by Gasteiger charge is -2.50. The van der Waals surface area contributed by atoms with Crippen LogP contribution in [-0.4, -0.2) is 85.7 Å². The molecule has 286 valence electrons. The molecule has 0 aromatic carbocycles. The summed E-state index contributed by atoms with van der Waals surface area (Å²) in [6, 6.07) is 0. The van der Waals surface area contributed by atoms with Crippen molar-refractivity contribution >= 4 is 11.9 Å². The van der Waals surface area contributed by atoms with Crippen LogP contribution in [0, 0.1) is 59.2 Å². The number of carbonyl (C=O) groups excluding carboxylic acids is 2. The predicted octanol–water partition coefficient (Wildman–Crippen LogP) is 3.96. The Morgan fingerprint density at radius 3 is 2.26 bits per heavy atom. The molecule has 0 aromatic rings.